The van der Waals surface area contributed by atoms with Crippen LogP contribution < -0.4 is 10.2 Å². The molecule has 0 radical (unpaired) electrons. The van der Waals surface area contributed by atoms with Crippen molar-refractivity contribution in [2.24, 2.45) is 12.0 Å². The lowest BCUT2D eigenvalue weighted by Gasteiger charge is -2.31. The second kappa shape index (κ2) is 7.59. The molecule has 1 aliphatic rings. The van der Waals surface area contributed by atoms with Gasteiger partial charge in [0.2, 0.25) is 0 Å². The molecule has 0 saturated heterocycles. The van der Waals surface area contributed by atoms with E-state index in [0.717, 1.165) is 29.8 Å². The maximum atomic E-state index is 11.3. The van der Waals surface area contributed by atoms with Gasteiger partial charge in [0.25, 0.3) is 0 Å². The van der Waals surface area contributed by atoms with Crippen molar-refractivity contribution in [1.29, 1.82) is 0 Å². The number of aromatic nitrogens is 2. The van der Waals surface area contributed by atoms with Gasteiger partial charge in [-0.3, -0.25) is 4.99 Å². The Balaban J connectivity index is 1.78. The smallest absolute Gasteiger partial charge is 0.407 e. The number of anilines is 1. The van der Waals surface area contributed by atoms with Crippen molar-refractivity contribution in [3.8, 4) is 0 Å². The van der Waals surface area contributed by atoms with Crippen LogP contribution in [0.4, 0.5) is 10.5 Å². The molecule has 1 atom stereocenters. The lowest BCUT2D eigenvalue weighted by molar-refractivity contribution is 0.170. The van der Waals surface area contributed by atoms with Crippen LogP contribution in [0.3, 0.4) is 0 Å². The number of likely N-dealkylation sites (N-methyl/N-ethyl adjacent to an activating group) is 1. The molecule has 1 N–H and O–H groups in total. The topological polar surface area (TPSA) is 71.8 Å². The number of hydrogen-bond acceptors (Lipinski definition) is 5. The summed E-state index contributed by atoms with van der Waals surface area (Å²) in [4.78, 5) is 22.5. The number of hydrogen-bond donors (Lipinski definition) is 1. The Labute approximate surface area is 153 Å². The highest BCUT2D eigenvalue weighted by Gasteiger charge is 2.23. The van der Waals surface area contributed by atoms with Gasteiger partial charge in [-0.15, -0.1) is 0 Å². The van der Waals surface area contributed by atoms with Gasteiger partial charge in [-0.1, -0.05) is 19.1 Å². The van der Waals surface area contributed by atoms with Gasteiger partial charge < -0.3 is 19.5 Å². The molecule has 1 aromatic carbocycles. The average molecular weight is 355 g/mol. The SMILES string of the molecule is CCc1cc(CNC(=O)OC)ccc1N(C)C1Cc2c(ncn2C)C=N1. The molecule has 2 aromatic rings. The molecule has 2 heterocycles. The third kappa shape index (κ3) is 3.56. The number of imidazole rings is 1. The van der Waals surface area contributed by atoms with Crippen LogP contribution >= 0.6 is 0 Å². The van der Waals surface area contributed by atoms with Crippen LogP contribution in [-0.4, -0.2) is 42.2 Å². The first-order valence-electron chi connectivity index (χ1n) is 8.73. The number of carbonyl (C=O) groups is 1. The minimum Gasteiger partial charge on any atom is -0.453 e. The number of alkyl carbamates (subject to hydrolysis) is 1. The lowest BCUT2D eigenvalue weighted by Crippen LogP contribution is -2.35. The molecule has 1 unspecified atom stereocenters. The molecule has 1 aliphatic heterocycles. The predicted octanol–water partition coefficient (Wildman–Crippen LogP) is 2.28. The maximum absolute atomic E-state index is 11.3. The van der Waals surface area contributed by atoms with E-state index in [2.05, 4.69) is 55.6 Å². The molecule has 0 saturated carbocycles. The second-order valence-corrected chi connectivity index (χ2v) is 6.42. The molecule has 7 heteroatoms. The van der Waals surface area contributed by atoms with Crippen molar-refractivity contribution in [1.82, 2.24) is 14.9 Å². The predicted molar refractivity (Wildman–Crippen MR) is 102 cm³/mol. The van der Waals surface area contributed by atoms with Gasteiger partial charge in [-0.2, -0.15) is 0 Å². The summed E-state index contributed by atoms with van der Waals surface area (Å²) in [6, 6.07) is 6.26. The fourth-order valence-corrected chi connectivity index (χ4v) is 3.23. The number of nitrogens with one attached hydrogen (secondary N) is 1. The first-order valence-corrected chi connectivity index (χ1v) is 8.73. The van der Waals surface area contributed by atoms with Gasteiger partial charge >= 0.3 is 6.09 Å². The van der Waals surface area contributed by atoms with E-state index < -0.39 is 6.09 Å². The fraction of sp³-hybridized carbons (Fsp3) is 0.421. The van der Waals surface area contributed by atoms with Crippen molar-refractivity contribution < 1.29 is 9.53 Å². The van der Waals surface area contributed by atoms with Crippen molar-refractivity contribution in [3.63, 3.8) is 0 Å². The van der Waals surface area contributed by atoms with Crippen LogP contribution in [0, 0.1) is 0 Å². The molecule has 1 aromatic heterocycles. The summed E-state index contributed by atoms with van der Waals surface area (Å²) in [6.07, 6.45) is 5.04. The van der Waals surface area contributed by atoms with Crippen molar-refractivity contribution in [2.45, 2.75) is 32.5 Å². The lowest BCUT2D eigenvalue weighted by atomic mass is 10.0. The van der Waals surface area contributed by atoms with E-state index in [1.54, 1.807) is 0 Å². The molecule has 0 aliphatic carbocycles. The highest BCUT2D eigenvalue weighted by molar-refractivity contribution is 5.80. The third-order valence-corrected chi connectivity index (χ3v) is 4.81. The first-order chi connectivity index (χ1) is 12.5. The van der Waals surface area contributed by atoms with Crippen LogP contribution in [0.1, 0.15) is 29.4 Å². The number of rotatable bonds is 5. The van der Waals surface area contributed by atoms with E-state index in [1.807, 2.05) is 25.7 Å². The third-order valence-electron chi connectivity index (χ3n) is 4.81. The Morgan fingerprint density at radius 2 is 2.27 bits per heavy atom. The molecule has 0 bridgehead atoms. The van der Waals surface area contributed by atoms with Gasteiger partial charge in [0.15, 0.2) is 0 Å². The van der Waals surface area contributed by atoms with E-state index in [-0.39, 0.29) is 6.17 Å². The molecule has 26 heavy (non-hydrogen) atoms. The van der Waals surface area contributed by atoms with Crippen LogP contribution in [0.2, 0.25) is 0 Å². The van der Waals surface area contributed by atoms with Gasteiger partial charge in [0, 0.05) is 38.4 Å². The zero-order valence-corrected chi connectivity index (χ0v) is 15.7. The summed E-state index contributed by atoms with van der Waals surface area (Å²) >= 11 is 0. The second-order valence-electron chi connectivity index (χ2n) is 6.42. The number of carbonyl (C=O) groups excluding carboxylic acids is 1. The zero-order chi connectivity index (χ0) is 18.7. The first kappa shape index (κ1) is 18.0. The Morgan fingerprint density at radius 3 is 3.00 bits per heavy atom. The summed E-state index contributed by atoms with van der Waals surface area (Å²) in [6.45, 7) is 2.58. The number of nitrogens with zero attached hydrogens (tertiary/aromatic N) is 4. The normalized spacial score (nSPS) is 15.5. The summed E-state index contributed by atoms with van der Waals surface area (Å²) < 4.78 is 6.68. The molecule has 0 fully saturated rings. The summed E-state index contributed by atoms with van der Waals surface area (Å²) in [5.41, 5.74) is 5.58. The summed E-state index contributed by atoms with van der Waals surface area (Å²) in [5.74, 6) is 0. The average Bonchev–Trinajstić information content (AvgIpc) is 3.05. The van der Waals surface area contributed by atoms with E-state index in [4.69, 9.17) is 0 Å². The number of aryl methyl sites for hydroxylation is 2. The number of amides is 1. The van der Waals surface area contributed by atoms with E-state index >= 15 is 0 Å². The summed E-state index contributed by atoms with van der Waals surface area (Å²) in [5, 5.41) is 2.72. The maximum Gasteiger partial charge on any atom is 0.407 e. The van der Waals surface area contributed by atoms with Crippen LogP contribution in [-0.2, 0) is 31.2 Å². The fourth-order valence-electron chi connectivity index (χ4n) is 3.23. The van der Waals surface area contributed by atoms with Gasteiger partial charge in [0.05, 0.1) is 19.7 Å². The van der Waals surface area contributed by atoms with Crippen molar-refractivity contribution in [2.75, 3.05) is 19.1 Å². The van der Waals surface area contributed by atoms with Gasteiger partial charge in [0.1, 0.15) is 11.9 Å². The largest absolute Gasteiger partial charge is 0.453 e. The highest BCUT2D eigenvalue weighted by Crippen LogP contribution is 2.26. The number of methoxy groups -OCH3 is 1. The quantitative estimate of drug-likeness (QED) is 0.893. The molecule has 3 rings (SSSR count). The molecular weight excluding hydrogens is 330 g/mol. The Hall–Kier alpha value is -2.83. The summed E-state index contributed by atoms with van der Waals surface area (Å²) in [7, 11) is 5.45. The van der Waals surface area contributed by atoms with Crippen LogP contribution in [0.15, 0.2) is 29.5 Å². The molecular formula is C19H25N5O2. The minimum absolute atomic E-state index is 0.0437. The van der Waals surface area contributed by atoms with E-state index in [1.165, 1.54) is 18.4 Å². The highest BCUT2D eigenvalue weighted by atomic mass is 16.5. The van der Waals surface area contributed by atoms with Crippen molar-refractivity contribution >= 4 is 18.0 Å². The number of benzene rings is 1. The Bertz CT molecular complexity index is 827. The van der Waals surface area contributed by atoms with E-state index in [0.29, 0.717) is 6.54 Å². The Morgan fingerprint density at radius 1 is 1.46 bits per heavy atom. The van der Waals surface area contributed by atoms with E-state index in [9.17, 15) is 4.79 Å². The van der Waals surface area contributed by atoms with Crippen LogP contribution in [0.5, 0.6) is 0 Å². The molecule has 138 valence electrons. The van der Waals surface area contributed by atoms with Crippen LogP contribution in [0.25, 0.3) is 0 Å². The number of aliphatic imine (C=N–C) groups is 1. The Kier molecular flexibility index (Phi) is 5.25. The monoisotopic (exact) mass is 355 g/mol. The molecule has 0 spiro atoms. The minimum atomic E-state index is -0.423. The number of fused-ring (bicyclic) bond motifs is 1. The van der Waals surface area contributed by atoms with Gasteiger partial charge in [-0.25, -0.2) is 9.78 Å². The molecule has 7 nitrogen and oxygen atoms in total. The number of ether oxygens (including phenoxy) is 1. The van der Waals surface area contributed by atoms with Gasteiger partial charge in [-0.05, 0) is 23.6 Å². The molecule has 1 amide bonds. The zero-order valence-electron chi connectivity index (χ0n) is 15.7. The standard InChI is InChI=1S/C19H25N5O2/c1-5-14-8-13(10-21-19(25)26-4)6-7-16(14)24(3)18-9-17-15(11-20-18)22-12-23(17)2/h6-8,11-12,18H,5,9-10H2,1-4H3,(H,21,25). The van der Waals surface area contributed by atoms with Crippen molar-refractivity contribution in [3.05, 3.63) is 47.0 Å².